The highest BCUT2D eigenvalue weighted by molar-refractivity contribution is 5.57. The van der Waals surface area contributed by atoms with E-state index in [1.165, 1.54) is 12.0 Å². The van der Waals surface area contributed by atoms with Crippen molar-refractivity contribution in [1.29, 1.82) is 0 Å². The van der Waals surface area contributed by atoms with Crippen LogP contribution in [0.2, 0.25) is 0 Å². The number of oxazole rings is 1. The molecule has 4 nitrogen and oxygen atoms in total. The third-order valence-corrected chi connectivity index (χ3v) is 3.33. The van der Waals surface area contributed by atoms with Gasteiger partial charge in [-0.05, 0) is 36.4 Å². The van der Waals surface area contributed by atoms with Crippen molar-refractivity contribution in [2.45, 2.75) is 13.2 Å². The van der Waals surface area contributed by atoms with Gasteiger partial charge in [0.15, 0.2) is 12.2 Å². The molecule has 0 saturated heterocycles. The van der Waals surface area contributed by atoms with Crippen molar-refractivity contribution in [3.05, 3.63) is 72.2 Å². The molecule has 0 fully saturated rings. The topological polar surface area (TPSA) is 47.3 Å². The lowest BCUT2D eigenvalue weighted by molar-refractivity contribution is 0.306. The van der Waals surface area contributed by atoms with Crippen LogP contribution in [0.1, 0.15) is 11.1 Å². The first-order valence-corrected chi connectivity index (χ1v) is 7.19. The zero-order chi connectivity index (χ0) is 15.2. The summed E-state index contributed by atoms with van der Waals surface area (Å²) in [5, 5.41) is 3.14. The summed E-state index contributed by atoms with van der Waals surface area (Å²) in [5.74, 6) is 1.63. The first kappa shape index (κ1) is 14.4. The van der Waals surface area contributed by atoms with Gasteiger partial charge < -0.3 is 14.5 Å². The van der Waals surface area contributed by atoms with Crippen LogP contribution < -0.4 is 10.1 Å². The number of rotatable bonds is 6. The fourth-order valence-electron chi connectivity index (χ4n) is 2.29. The Balaban J connectivity index is 1.69. The van der Waals surface area contributed by atoms with E-state index in [0.717, 1.165) is 29.2 Å². The number of benzene rings is 2. The van der Waals surface area contributed by atoms with Gasteiger partial charge in [-0.25, -0.2) is 4.98 Å². The van der Waals surface area contributed by atoms with Crippen LogP contribution in [-0.4, -0.2) is 12.0 Å². The van der Waals surface area contributed by atoms with Crippen LogP contribution in [0.5, 0.6) is 5.75 Å². The van der Waals surface area contributed by atoms with Crippen molar-refractivity contribution in [1.82, 2.24) is 10.3 Å². The van der Waals surface area contributed by atoms with Crippen molar-refractivity contribution in [2.24, 2.45) is 0 Å². The Kier molecular flexibility index (Phi) is 4.51. The second-order valence-electron chi connectivity index (χ2n) is 5.03. The summed E-state index contributed by atoms with van der Waals surface area (Å²) in [5.41, 5.74) is 3.30. The zero-order valence-corrected chi connectivity index (χ0v) is 12.5. The van der Waals surface area contributed by atoms with Crippen molar-refractivity contribution in [2.75, 3.05) is 7.05 Å². The van der Waals surface area contributed by atoms with Gasteiger partial charge in [0.2, 0.25) is 0 Å². The summed E-state index contributed by atoms with van der Waals surface area (Å²) in [6.07, 6.45) is 3.15. The van der Waals surface area contributed by atoms with E-state index in [1.807, 2.05) is 37.4 Å². The normalized spacial score (nSPS) is 10.6. The smallest absolute Gasteiger partial charge is 0.181 e. The molecule has 112 valence electrons. The van der Waals surface area contributed by atoms with Crippen LogP contribution in [0.3, 0.4) is 0 Å². The van der Waals surface area contributed by atoms with Crippen LogP contribution in [0, 0.1) is 0 Å². The van der Waals surface area contributed by atoms with Crippen molar-refractivity contribution in [3.8, 4) is 17.1 Å². The van der Waals surface area contributed by atoms with E-state index < -0.39 is 0 Å². The molecule has 1 heterocycles. The first-order chi connectivity index (χ1) is 10.8. The lowest BCUT2D eigenvalue weighted by atomic mass is 10.1. The summed E-state index contributed by atoms with van der Waals surface area (Å²) in [6, 6.07) is 16.2. The quantitative estimate of drug-likeness (QED) is 0.754. The predicted molar refractivity (Wildman–Crippen MR) is 85.5 cm³/mol. The van der Waals surface area contributed by atoms with Crippen molar-refractivity contribution >= 4 is 0 Å². The van der Waals surface area contributed by atoms with Crippen molar-refractivity contribution < 1.29 is 9.15 Å². The van der Waals surface area contributed by atoms with E-state index >= 15 is 0 Å². The van der Waals surface area contributed by atoms with Crippen LogP contribution in [0.25, 0.3) is 11.3 Å². The molecule has 0 aliphatic heterocycles. The molecule has 0 bridgehead atoms. The number of nitrogens with one attached hydrogen (secondary N) is 1. The molecule has 0 radical (unpaired) electrons. The van der Waals surface area contributed by atoms with Gasteiger partial charge in [-0.2, -0.15) is 0 Å². The molecule has 0 spiro atoms. The third kappa shape index (κ3) is 3.54. The SMILES string of the molecule is CNCc1cccc(OCc2cccc(-c3cnco3)c2)c1. The highest BCUT2D eigenvalue weighted by Gasteiger charge is 2.03. The van der Waals surface area contributed by atoms with Crippen LogP contribution in [0.4, 0.5) is 0 Å². The van der Waals surface area contributed by atoms with Gasteiger partial charge in [-0.3, -0.25) is 0 Å². The molecule has 0 saturated carbocycles. The van der Waals surface area contributed by atoms with E-state index in [2.05, 4.69) is 28.5 Å². The molecule has 22 heavy (non-hydrogen) atoms. The van der Waals surface area contributed by atoms with Crippen LogP contribution in [-0.2, 0) is 13.2 Å². The van der Waals surface area contributed by atoms with E-state index in [1.54, 1.807) is 6.20 Å². The van der Waals surface area contributed by atoms with E-state index in [0.29, 0.717) is 6.61 Å². The minimum atomic E-state index is 0.519. The van der Waals surface area contributed by atoms with Crippen molar-refractivity contribution in [3.63, 3.8) is 0 Å². The molecular formula is C18H18N2O2. The van der Waals surface area contributed by atoms with E-state index in [-0.39, 0.29) is 0 Å². The largest absolute Gasteiger partial charge is 0.489 e. The van der Waals surface area contributed by atoms with Gasteiger partial charge >= 0.3 is 0 Å². The number of hydrogen-bond acceptors (Lipinski definition) is 4. The highest BCUT2D eigenvalue weighted by atomic mass is 16.5. The summed E-state index contributed by atoms with van der Waals surface area (Å²) in [4.78, 5) is 3.95. The summed E-state index contributed by atoms with van der Waals surface area (Å²) in [7, 11) is 1.93. The number of hydrogen-bond donors (Lipinski definition) is 1. The van der Waals surface area contributed by atoms with Gasteiger partial charge in [-0.1, -0.05) is 30.3 Å². The molecule has 0 unspecified atom stereocenters. The Bertz CT molecular complexity index is 723. The molecule has 3 rings (SSSR count). The maximum Gasteiger partial charge on any atom is 0.181 e. The Hall–Kier alpha value is -2.59. The lowest BCUT2D eigenvalue weighted by Crippen LogP contribution is -2.05. The standard InChI is InChI=1S/C18H18N2O2/c1-19-10-14-4-3-7-17(9-14)21-12-15-5-2-6-16(8-15)18-11-20-13-22-18/h2-9,11,13,19H,10,12H2,1H3. The van der Waals surface area contributed by atoms with Gasteiger partial charge in [0, 0.05) is 12.1 Å². The van der Waals surface area contributed by atoms with Gasteiger partial charge in [0.05, 0.1) is 6.20 Å². The molecule has 4 heteroatoms. The second-order valence-corrected chi connectivity index (χ2v) is 5.03. The van der Waals surface area contributed by atoms with Gasteiger partial charge in [0.25, 0.3) is 0 Å². The van der Waals surface area contributed by atoms with Crippen LogP contribution >= 0.6 is 0 Å². The Morgan fingerprint density at radius 3 is 2.77 bits per heavy atom. The van der Waals surface area contributed by atoms with Gasteiger partial charge in [0.1, 0.15) is 12.4 Å². The van der Waals surface area contributed by atoms with Crippen LogP contribution in [0.15, 0.2) is 65.5 Å². The molecule has 1 N–H and O–H groups in total. The molecule has 0 amide bonds. The third-order valence-electron chi connectivity index (χ3n) is 3.33. The summed E-state index contributed by atoms with van der Waals surface area (Å²) in [6.45, 7) is 1.35. The molecule has 2 aromatic carbocycles. The highest BCUT2D eigenvalue weighted by Crippen LogP contribution is 2.21. The average molecular weight is 294 g/mol. The minimum Gasteiger partial charge on any atom is -0.489 e. The molecular weight excluding hydrogens is 276 g/mol. The minimum absolute atomic E-state index is 0.519. The zero-order valence-electron chi connectivity index (χ0n) is 12.5. The Morgan fingerprint density at radius 1 is 1.09 bits per heavy atom. The number of ether oxygens (including phenoxy) is 1. The second kappa shape index (κ2) is 6.91. The van der Waals surface area contributed by atoms with Gasteiger partial charge in [-0.15, -0.1) is 0 Å². The average Bonchev–Trinajstić information content (AvgIpc) is 3.09. The van der Waals surface area contributed by atoms with E-state index in [9.17, 15) is 0 Å². The Morgan fingerprint density at radius 2 is 1.95 bits per heavy atom. The fourth-order valence-corrected chi connectivity index (χ4v) is 2.29. The first-order valence-electron chi connectivity index (χ1n) is 7.19. The lowest BCUT2D eigenvalue weighted by Gasteiger charge is -2.09. The molecule has 1 aromatic heterocycles. The Labute approximate surface area is 129 Å². The maximum atomic E-state index is 5.88. The predicted octanol–water partition coefficient (Wildman–Crippen LogP) is 3.64. The molecule has 0 aliphatic rings. The molecule has 0 aliphatic carbocycles. The molecule has 0 atom stereocenters. The maximum absolute atomic E-state index is 5.88. The van der Waals surface area contributed by atoms with E-state index in [4.69, 9.17) is 9.15 Å². The molecule has 3 aromatic rings. The number of nitrogens with zero attached hydrogens (tertiary/aromatic N) is 1. The monoisotopic (exact) mass is 294 g/mol. The summed E-state index contributed by atoms with van der Waals surface area (Å²) >= 11 is 0. The fraction of sp³-hybridized carbons (Fsp3) is 0.167. The number of aromatic nitrogens is 1. The summed E-state index contributed by atoms with van der Waals surface area (Å²) < 4.78 is 11.2.